The molecule has 0 aliphatic carbocycles. The zero-order valence-corrected chi connectivity index (χ0v) is 17.7. The summed E-state index contributed by atoms with van der Waals surface area (Å²) in [6.07, 6.45) is 3.44. The molecule has 3 heterocycles. The molecule has 8 nitrogen and oxygen atoms in total. The van der Waals surface area contributed by atoms with E-state index >= 15 is 0 Å². The van der Waals surface area contributed by atoms with Crippen LogP contribution in [0.2, 0.25) is 0 Å². The summed E-state index contributed by atoms with van der Waals surface area (Å²) >= 11 is 0. The second-order valence-electron chi connectivity index (χ2n) is 8.04. The van der Waals surface area contributed by atoms with E-state index < -0.39 is 5.97 Å². The first kappa shape index (κ1) is 19.9. The molecule has 0 spiro atoms. The SMILES string of the molecule is COC(=O)c1cn([C@@H](c2nc3ccccc3n2C(C)C)C(C)C)cc2c(=O)[nH]nc1-2. The predicted octanol–water partition coefficient (Wildman–Crippen LogP) is 3.64. The fourth-order valence-corrected chi connectivity index (χ4v) is 4.07. The van der Waals surface area contributed by atoms with Gasteiger partial charge in [0, 0.05) is 18.4 Å². The topological polar surface area (TPSA) is 94.8 Å². The Hall–Kier alpha value is -3.42. The highest BCUT2D eigenvalue weighted by Crippen LogP contribution is 2.33. The third-order valence-corrected chi connectivity index (χ3v) is 5.34. The van der Waals surface area contributed by atoms with Crippen LogP contribution in [-0.2, 0) is 4.74 Å². The molecule has 0 saturated heterocycles. The average Bonchev–Trinajstić information content (AvgIpc) is 3.27. The Morgan fingerprint density at radius 3 is 2.53 bits per heavy atom. The molecule has 1 aromatic carbocycles. The highest BCUT2D eigenvalue weighted by Gasteiger charge is 2.29. The van der Waals surface area contributed by atoms with Gasteiger partial charge in [-0.1, -0.05) is 26.0 Å². The van der Waals surface area contributed by atoms with Crippen LogP contribution in [0, 0.1) is 5.92 Å². The van der Waals surface area contributed by atoms with E-state index in [2.05, 4.69) is 48.5 Å². The standard InChI is InChI=1S/C22H25N5O3/c1-12(2)19(20-23-16-8-6-7-9-17(16)27(20)13(3)4)26-10-14-18(24-25-21(14)28)15(11-26)22(29)30-5/h6-13,19H,1-5H3,(H,25,28)/t19-/m1/s1. The lowest BCUT2D eigenvalue weighted by atomic mass is 10.0. The Morgan fingerprint density at radius 1 is 1.13 bits per heavy atom. The molecule has 8 heteroatoms. The van der Waals surface area contributed by atoms with Crippen molar-refractivity contribution in [1.82, 2.24) is 24.3 Å². The average molecular weight is 407 g/mol. The summed E-state index contributed by atoms with van der Waals surface area (Å²) in [5.41, 5.74) is 2.51. The smallest absolute Gasteiger partial charge is 0.341 e. The lowest BCUT2D eigenvalue weighted by Gasteiger charge is -2.27. The summed E-state index contributed by atoms with van der Waals surface area (Å²) in [6, 6.07) is 8.00. The van der Waals surface area contributed by atoms with E-state index in [1.165, 1.54) is 7.11 Å². The van der Waals surface area contributed by atoms with Gasteiger partial charge in [0.25, 0.3) is 5.56 Å². The number of hydrogen-bond donors (Lipinski definition) is 1. The van der Waals surface area contributed by atoms with Crippen LogP contribution in [0.3, 0.4) is 0 Å². The zero-order valence-electron chi connectivity index (χ0n) is 17.7. The van der Waals surface area contributed by atoms with Crippen molar-refractivity contribution < 1.29 is 9.53 Å². The van der Waals surface area contributed by atoms with Gasteiger partial charge in [-0.3, -0.25) is 4.79 Å². The Bertz CT molecular complexity index is 1250. The van der Waals surface area contributed by atoms with E-state index in [0.29, 0.717) is 11.3 Å². The molecule has 4 rings (SSSR count). The van der Waals surface area contributed by atoms with Crippen molar-refractivity contribution in [1.29, 1.82) is 0 Å². The molecule has 0 fully saturated rings. The van der Waals surface area contributed by atoms with Crippen molar-refractivity contribution in [3.05, 3.63) is 58.4 Å². The first-order chi connectivity index (χ1) is 14.3. The maximum absolute atomic E-state index is 12.4. The van der Waals surface area contributed by atoms with E-state index in [-0.39, 0.29) is 29.1 Å². The van der Waals surface area contributed by atoms with E-state index in [1.807, 2.05) is 22.8 Å². The number of pyridine rings is 1. The molecule has 0 radical (unpaired) electrons. The molecule has 0 bridgehead atoms. The molecule has 1 atom stereocenters. The van der Waals surface area contributed by atoms with Gasteiger partial charge in [0.1, 0.15) is 17.1 Å². The van der Waals surface area contributed by atoms with Crippen molar-refractivity contribution >= 4 is 17.0 Å². The largest absolute Gasteiger partial charge is 0.465 e. The predicted molar refractivity (Wildman–Crippen MR) is 114 cm³/mol. The number of esters is 1. The van der Waals surface area contributed by atoms with Gasteiger partial charge in [-0.15, -0.1) is 0 Å². The monoisotopic (exact) mass is 407 g/mol. The lowest BCUT2D eigenvalue weighted by Crippen LogP contribution is -2.24. The van der Waals surface area contributed by atoms with Gasteiger partial charge in [0.2, 0.25) is 0 Å². The number of fused-ring (bicyclic) bond motifs is 2. The molecule has 0 unspecified atom stereocenters. The molecular formula is C22H25N5O3. The van der Waals surface area contributed by atoms with Crippen LogP contribution in [-0.4, -0.2) is 37.4 Å². The first-order valence-corrected chi connectivity index (χ1v) is 9.98. The Kier molecular flexibility index (Phi) is 4.93. The van der Waals surface area contributed by atoms with Crippen molar-refractivity contribution in [3.8, 4) is 11.3 Å². The minimum absolute atomic E-state index is 0.134. The molecule has 30 heavy (non-hydrogen) atoms. The number of methoxy groups -OCH3 is 1. The van der Waals surface area contributed by atoms with Crippen molar-refractivity contribution in [2.75, 3.05) is 7.11 Å². The van der Waals surface area contributed by atoms with Crippen LogP contribution < -0.4 is 5.56 Å². The lowest BCUT2D eigenvalue weighted by molar-refractivity contribution is 0.0600. The van der Waals surface area contributed by atoms with Crippen molar-refractivity contribution in [2.45, 2.75) is 39.8 Å². The summed E-state index contributed by atoms with van der Waals surface area (Å²) in [6.45, 7) is 8.43. The minimum atomic E-state index is -0.541. The number of imidazole rings is 1. The summed E-state index contributed by atoms with van der Waals surface area (Å²) in [5.74, 6) is 0.465. The number of nitrogens with one attached hydrogen (secondary N) is 1. The van der Waals surface area contributed by atoms with Crippen LogP contribution in [0.5, 0.6) is 0 Å². The fourth-order valence-electron chi connectivity index (χ4n) is 4.07. The number of rotatable bonds is 5. The highest BCUT2D eigenvalue weighted by molar-refractivity contribution is 5.96. The zero-order chi connectivity index (χ0) is 21.6. The van der Waals surface area contributed by atoms with Gasteiger partial charge in [-0.05, 0) is 31.9 Å². The summed E-state index contributed by atoms with van der Waals surface area (Å²) in [5, 5.41) is 6.45. The van der Waals surface area contributed by atoms with E-state index in [4.69, 9.17) is 9.72 Å². The third-order valence-electron chi connectivity index (χ3n) is 5.34. The second-order valence-corrected chi connectivity index (χ2v) is 8.04. The number of para-hydroxylation sites is 2. The van der Waals surface area contributed by atoms with Gasteiger partial charge >= 0.3 is 5.97 Å². The Labute approximate surface area is 173 Å². The third kappa shape index (κ3) is 3.08. The normalized spacial score (nSPS) is 12.9. The van der Waals surface area contributed by atoms with E-state index in [0.717, 1.165) is 16.9 Å². The first-order valence-electron chi connectivity index (χ1n) is 9.98. The van der Waals surface area contributed by atoms with E-state index in [1.54, 1.807) is 12.4 Å². The molecule has 2 aliphatic rings. The van der Waals surface area contributed by atoms with Gasteiger partial charge in [0.15, 0.2) is 0 Å². The number of aromatic nitrogens is 5. The number of benzene rings is 1. The number of hydrogen-bond acceptors (Lipinski definition) is 5. The van der Waals surface area contributed by atoms with E-state index in [9.17, 15) is 9.59 Å². The quantitative estimate of drug-likeness (QED) is 0.510. The summed E-state index contributed by atoms with van der Waals surface area (Å²) in [4.78, 5) is 29.7. The van der Waals surface area contributed by atoms with Gasteiger partial charge in [0.05, 0.1) is 29.7 Å². The molecule has 2 aliphatic heterocycles. The molecule has 0 amide bonds. The van der Waals surface area contributed by atoms with Gasteiger partial charge in [-0.25, -0.2) is 14.9 Å². The van der Waals surface area contributed by atoms with Gasteiger partial charge < -0.3 is 13.9 Å². The molecule has 2 aromatic rings. The van der Waals surface area contributed by atoms with Crippen LogP contribution in [0.4, 0.5) is 0 Å². The maximum atomic E-state index is 12.4. The number of H-pyrrole nitrogens is 1. The van der Waals surface area contributed by atoms with Crippen LogP contribution in [0.25, 0.3) is 22.3 Å². The molecule has 1 N–H and O–H groups in total. The summed E-state index contributed by atoms with van der Waals surface area (Å²) < 4.78 is 9.03. The Balaban J connectivity index is 2.01. The molecule has 0 saturated carbocycles. The minimum Gasteiger partial charge on any atom is -0.465 e. The molecule has 1 aromatic heterocycles. The number of nitrogens with zero attached hydrogens (tertiary/aromatic N) is 4. The molecular weight excluding hydrogens is 382 g/mol. The van der Waals surface area contributed by atoms with Crippen molar-refractivity contribution in [3.63, 3.8) is 0 Å². The summed E-state index contributed by atoms with van der Waals surface area (Å²) in [7, 11) is 1.31. The number of ether oxygens (including phenoxy) is 1. The fraction of sp³-hybridized carbons (Fsp3) is 0.364. The second kappa shape index (κ2) is 7.44. The van der Waals surface area contributed by atoms with Crippen molar-refractivity contribution in [2.24, 2.45) is 5.92 Å². The van der Waals surface area contributed by atoms with Crippen LogP contribution in [0.15, 0.2) is 41.5 Å². The molecule has 156 valence electrons. The Morgan fingerprint density at radius 2 is 1.87 bits per heavy atom. The van der Waals surface area contributed by atoms with Crippen LogP contribution >= 0.6 is 0 Å². The number of carbonyl (C=O) groups is 1. The number of carbonyl (C=O) groups excluding carboxylic acids is 1. The highest BCUT2D eigenvalue weighted by atomic mass is 16.5. The number of aromatic amines is 1. The maximum Gasteiger partial charge on any atom is 0.341 e. The van der Waals surface area contributed by atoms with Crippen LogP contribution in [0.1, 0.15) is 56.0 Å². The van der Waals surface area contributed by atoms with Gasteiger partial charge in [-0.2, -0.15) is 5.10 Å².